The zero-order chi connectivity index (χ0) is 19.8. The first kappa shape index (κ1) is 19.6. The summed E-state index contributed by atoms with van der Waals surface area (Å²) in [6.07, 6.45) is 0.260. The van der Waals surface area contributed by atoms with Crippen molar-refractivity contribution >= 4 is 28.8 Å². The summed E-state index contributed by atoms with van der Waals surface area (Å²) in [5.41, 5.74) is 1.41. The molecule has 0 atom stereocenters. The van der Waals surface area contributed by atoms with Crippen LogP contribution in [0.5, 0.6) is 5.75 Å². The number of benzene rings is 2. The Hall–Kier alpha value is -3.19. The van der Waals surface area contributed by atoms with Crippen molar-refractivity contribution in [2.75, 3.05) is 11.9 Å². The van der Waals surface area contributed by atoms with Gasteiger partial charge in [0, 0.05) is 10.6 Å². The molecular weight excluding hydrogens is 379 g/mol. The molecule has 0 spiro atoms. The second-order valence-electron chi connectivity index (χ2n) is 6.00. The SMILES string of the molecule is O=C(Cc1ccc(NC(=O)COc2ccccc2F)cc1)NCc1cccs1. The van der Waals surface area contributed by atoms with Crippen LogP contribution in [-0.2, 0) is 22.6 Å². The quantitative estimate of drug-likeness (QED) is 0.607. The fourth-order valence-corrected chi connectivity index (χ4v) is 3.10. The number of carbonyl (C=O) groups is 2. The Morgan fingerprint density at radius 1 is 0.964 bits per heavy atom. The maximum atomic E-state index is 13.5. The largest absolute Gasteiger partial charge is 0.481 e. The van der Waals surface area contributed by atoms with Gasteiger partial charge >= 0.3 is 0 Å². The summed E-state index contributed by atoms with van der Waals surface area (Å²) >= 11 is 1.60. The van der Waals surface area contributed by atoms with E-state index in [2.05, 4.69) is 10.6 Å². The lowest BCUT2D eigenvalue weighted by molar-refractivity contribution is -0.120. The minimum atomic E-state index is -0.517. The van der Waals surface area contributed by atoms with Crippen molar-refractivity contribution in [1.82, 2.24) is 5.32 Å². The van der Waals surface area contributed by atoms with Crippen molar-refractivity contribution in [2.24, 2.45) is 0 Å². The molecule has 0 saturated heterocycles. The summed E-state index contributed by atoms with van der Waals surface area (Å²) < 4.78 is 18.6. The Kier molecular flexibility index (Phi) is 6.75. The molecule has 144 valence electrons. The van der Waals surface area contributed by atoms with E-state index in [4.69, 9.17) is 4.74 Å². The number of rotatable bonds is 8. The first-order chi connectivity index (χ1) is 13.6. The molecule has 3 rings (SSSR count). The highest BCUT2D eigenvalue weighted by molar-refractivity contribution is 7.09. The van der Waals surface area contributed by atoms with Crippen LogP contribution in [0.4, 0.5) is 10.1 Å². The van der Waals surface area contributed by atoms with E-state index < -0.39 is 11.7 Å². The molecule has 2 aromatic carbocycles. The lowest BCUT2D eigenvalue weighted by Crippen LogP contribution is -2.24. The average Bonchev–Trinajstić information content (AvgIpc) is 3.21. The Balaban J connectivity index is 1.44. The Morgan fingerprint density at radius 2 is 1.75 bits per heavy atom. The number of ether oxygens (including phenoxy) is 1. The monoisotopic (exact) mass is 398 g/mol. The molecule has 0 unspecified atom stereocenters. The lowest BCUT2D eigenvalue weighted by Gasteiger charge is -2.09. The predicted molar refractivity (Wildman–Crippen MR) is 107 cm³/mol. The molecule has 28 heavy (non-hydrogen) atoms. The number of para-hydroxylation sites is 1. The molecule has 0 fully saturated rings. The van der Waals surface area contributed by atoms with Gasteiger partial charge in [-0.3, -0.25) is 9.59 Å². The van der Waals surface area contributed by atoms with Gasteiger partial charge in [0.15, 0.2) is 18.2 Å². The van der Waals surface area contributed by atoms with Crippen LogP contribution in [-0.4, -0.2) is 18.4 Å². The Morgan fingerprint density at radius 3 is 2.46 bits per heavy atom. The third kappa shape index (κ3) is 5.92. The molecule has 2 amide bonds. The predicted octanol–water partition coefficient (Wildman–Crippen LogP) is 3.76. The van der Waals surface area contributed by atoms with E-state index in [1.807, 2.05) is 17.5 Å². The van der Waals surface area contributed by atoms with Crippen LogP contribution in [0.2, 0.25) is 0 Å². The van der Waals surface area contributed by atoms with E-state index in [0.717, 1.165) is 10.4 Å². The van der Waals surface area contributed by atoms with E-state index in [-0.39, 0.29) is 24.7 Å². The molecule has 0 aliphatic heterocycles. The number of carbonyl (C=O) groups excluding carboxylic acids is 2. The van der Waals surface area contributed by atoms with Crippen molar-refractivity contribution < 1.29 is 18.7 Å². The minimum Gasteiger partial charge on any atom is -0.481 e. The molecule has 1 heterocycles. The van der Waals surface area contributed by atoms with Gasteiger partial charge in [0.05, 0.1) is 13.0 Å². The minimum absolute atomic E-state index is 0.0292. The van der Waals surface area contributed by atoms with Crippen LogP contribution in [0.15, 0.2) is 66.0 Å². The summed E-state index contributed by atoms with van der Waals surface area (Å²) in [5, 5.41) is 7.51. The van der Waals surface area contributed by atoms with Crippen molar-refractivity contribution in [1.29, 1.82) is 0 Å². The van der Waals surface area contributed by atoms with Crippen molar-refractivity contribution in [3.05, 3.63) is 82.3 Å². The molecule has 0 bridgehead atoms. The van der Waals surface area contributed by atoms with Crippen molar-refractivity contribution in [2.45, 2.75) is 13.0 Å². The maximum absolute atomic E-state index is 13.5. The van der Waals surface area contributed by atoms with Crippen molar-refractivity contribution in [3.63, 3.8) is 0 Å². The first-order valence-corrected chi connectivity index (χ1v) is 9.53. The summed E-state index contributed by atoms with van der Waals surface area (Å²) in [6, 6.07) is 16.8. The Bertz CT molecular complexity index is 927. The smallest absolute Gasteiger partial charge is 0.262 e. The standard InChI is InChI=1S/C21H19FN2O3S/c22-18-5-1-2-6-19(18)27-14-21(26)24-16-9-7-15(8-10-16)12-20(25)23-13-17-4-3-11-28-17/h1-11H,12-14H2,(H,23,25)(H,24,26). The van der Waals surface area contributed by atoms with E-state index in [1.54, 1.807) is 47.7 Å². The molecule has 5 nitrogen and oxygen atoms in total. The number of halogens is 1. The van der Waals surface area contributed by atoms with Gasteiger partial charge in [-0.05, 0) is 41.3 Å². The topological polar surface area (TPSA) is 67.4 Å². The van der Waals surface area contributed by atoms with Crippen LogP contribution in [0.25, 0.3) is 0 Å². The molecule has 1 aromatic heterocycles. The zero-order valence-corrected chi connectivity index (χ0v) is 15.8. The fraction of sp³-hybridized carbons (Fsp3) is 0.143. The van der Waals surface area contributed by atoms with Gasteiger partial charge in [0.25, 0.3) is 5.91 Å². The highest BCUT2D eigenvalue weighted by Crippen LogP contribution is 2.15. The van der Waals surface area contributed by atoms with E-state index in [0.29, 0.717) is 12.2 Å². The number of hydrogen-bond acceptors (Lipinski definition) is 4. The summed E-state index contributed by atoms with van der Waals surface area (Å²) in [6.45, 7) is 0.223. The lowest BCUT2D eigenvalue weighted by atomic mass is 10.1. The van der Waals surface area contributed by atoms with E-state index in [1.165, 1.54) is 12.1 Å². The van der Waals surface area contributed by atoms with Gasteiger partial charge in [-0.25, -0.2) is 4.39 Å². The molecule has 0 radical (unpaired) electrons. The van der Waals surface area contributed by atoms with Crippen molar-refractivity contribution in [3.8, 4) is 5.75 Å². The molecule has 2 N–H and O–H groups in total. The molecule has 3 aromatic rings. The molecule has 0 aliphatic rings. The third-order valence-corrected chi connectivity index (χ3v) is 4.71. The van der Waals surface area contributed by atoms with Crippen LogP contribution in [0.1, 0.15) is 10.4 Å². The van der Waals surface area contributed by atoms with Gasteiger partial charge in [0.2, 0.25) is 5.91 Å². The molecule has 0 saturated carbocycles. The number of nitrogens with one attached hydrogen (secondary N) is 2. The van der Waals surface area contributed by atoms with Gasteiger partial charge < -0.3 is 15.4 Å². The van der Waals surface area contributed by atoms with Crippen LogP contribution in [0, 0.1) is 5.82 Å². The van der Waals surface area contributed by atoms with E-state index in [9.17, 15) is 14.0 Å². The van der Waals surface area contributed by atoms with Gasteiger partial charge in [-0.15, -0.1) is 11.3 Å². The molecular formula is C21H19FN2O3S. The van der Waals surface area contributed by atoms with E-state index >= 15 is 0 Å². The Labute approximate surface area is 166 Å². The number of amides is 2. The summed E-state index contributed by atoms with van der Waals surface area (Å²) in [4.78, 5) is 25.0. The second kappa shape index (κ2) is 9.66. The summed E-state index contributed by atoms with van der Waals surface area (Å²) in [7, 11) is 0. The normalized spacial score (nSPS) is 10.3. The van der Waals surface area contributed by atoms with Gasteiger partial charge in [-0.1, -0.05) is 30.3 Å². The van der Waals surface area contributed by atoms with Crippen LogP contribution in [0.3, 0.4) is 0 Å². The second-order valence-corrected chi connectivity index (χ2v) is 7.03. The molecule has 7 heteroatoms. The first-order valence-electron chi connectivity index (χ1n) is 8.65. The highest BCUT2D eigenvalue weighted by atomic mass is 32.1. The third-order valence-electron chi connectivity index (χ3n) is 3.84. The fourth-order valence-electron chi connectivity index (χ4n) is 2.45. The van der Waals surface area contributed by atoms with Gasteiger partial charge in [-0.2, -0.15) is 0 Å². The zero-order valence-electron chi connectivity index (χ0n) is 15.0. The summed E-state index contributed by atoms with van der Waals surface area (Å²) in [5.74, 6) is -0.952. The highest BCUT2D eigenvalue weighted by Gasteiger charge is 2.08. The number of thiophene rings is 1. The van der Waals surface area contributed by atoms with Crippen LogP contribution < -0.4 is 15.4 Å². The number of anilines is 1. The maximum Gasteiger partial charge on any atom is 0.262 e. The molecule has 0 aliphatic carbocycles. The van der Waals surface area contributed by atoms with Gasteiger partial charge in [0.1, 0.15) is 0 Å². The number of hydrogen-bond donors (Lipinski definition) is 2. The average molecular weight is 398 g/mol. The van der Waals surface area contributed by atoms with Crippen LogP contribution >= 0.6 is 11.3 Å².